The average molecular weight is 306 g/mol. The molecule has 120 valence electrons. The molecule has 8 nitrogen and oxygen atoms in total. The Bertz CT molecular complexity index is 606. The molecule has 1 aromatic heterocycles. The highest BCUT2D eigenvalue weighted by atomic mass is 16.6. The Morgan fingerprint density at radius 2 is 2.18 bits per heavy atom. The van der Waals surface area contributed by atoms with Crippen LogP contribution in [0.3, 0.4) is 0 Å². The number of piperazine rings is 1. The van der Waals surface area contributed by atoms with Crippen LogP contribution in [0.5, 0.6) is 0 Å². The predicted molar refractivity (Wildman–Crippen MR) is 85.1 cm³/mol. The number of nitrogen functional groups attached to an aromatic ring is 1. The van der Waals surface area contributed by atoms with E-state index in [0.29, 0.717) is 5.82 Å². The van der Waals surface area contributed by atoms with Crippen LogP contribution in [0.15, 0.2) is 16.0 Å². The summed E-state index contributed by atoms with van der Waals surface area (Å²) in [7, 11) is 0. The van der Waals surface area contributed by atoms with E-state index in [1.165, 1.54) is 6.07 Å². The molecule has 22 heavy (non-hydrogen) atoms. The van der Waals surface area contributed by atoms with Crippen LogP contribution in [0.4, 0.5) is 11.8 Å². The van der Waals surface area contributed by atoms with E-state index >= 15 is 0 Å². The number of hydrogen-bond acceptors (Lipinski definition) is 7. The van der Waals surface area contributed by atoms with Gasteiger partial charge in [0, 0.05) is 45.2 Å². The highest BCUT2D eigenvalue weighted by Crippen LogP contribution is 2.16. The molecular weight excluding hydrogens is 284 g/mol. The van der Waals surface area contributed by atoms with Gasteiger partial charge in [-0.15, -0.1) is 0 Å². The lowest BCUT2D eigenvalue weighted by atomic mass is 10.1. The van der Waals surface area contributed by atoms with Crippen molar-refractivity contribution < 1.29 is 4.84 Å². The molecule has 0 unspecified atom stereocenters. The minimum absolute atomic E-state index is 0.161. The zero-order valence-electron chi connectivity index (χ0n) is 12.8. The summed E-state index contributed by atoms with van der Waals surface area (Å²) < 4.78 is 0. The number of H-pyrrole nitrogens is 1. The van der Waals surface area contributed by atoms with Gasteiger partial charge in [-0.1, -0.05) is 12.1 Å². The summed E-state index contributed by atoms with van der Waals surface area (Å²) >= 11 is 0. The number of nitrogens with zero attached hydrogens (tertiary/aromatic N) is 4. The van der Waals surface area contributed by atoms with Crippen LogP contribution in [0, 0.1) is 0 Å². The van der Waals surface area contributed by atoms with Crippen LogP contribution in [0.2, 0.25) is 0 Å². The summed E-state index contributed by atoms with van der Waals surface area (Å²) in [4.78, 5) is 28.0. The molecule has 0 spiro atoms. The molecule has 2 aliphatic rings. The summed E-state index contributed by atoms with van der Waals surface area (Å²) in [6, 6.07) is 1.49. The monoisotopic (exact) mass is 306 g/mol. The molecule has 8 heteroatoms. The zero-order chi connectivity index (χ0) is 15.5. The van der Waals surface area contributed by atoms with E-state index in [1.807, 2.05) is 0 Å². The number of nitrogens with one attached hydrogen (secondary N) is 1. The van der Waals surface area contributed by atoms with Gasteiger partial charge in [0.2, 0.25) is 5.95 Å². The molecule has 3 rings (SSSR count). The standard InChI is InChI=1S/C14H22N6O2/c1-2-10-7-11(22-18-10)9-19-3-5-20(6-4-19)12-8-13(21)17-14(15)16-12/h8,11H,2-7,9H2,1H3,(H3,15,16,17,21)/t11-/m0/s1. The summed E-state index contributed by atoms with van der Waals surface area (Å²) in [5.41, 5.74) is 6.53. The SMILES string of the molecule is CCC1=NO[C@H](CN2CCN(c3cc(=O)[nH]c(N)n3)CC2)C1. The van der Waals surface area contributed by atoms with E-state index in [2.05, 4.69) is 31.8 Å². The Morgan fingerprint density at radius 3 is 2.82 bits per heavy atom. The molecule has 0 radical (unpaired) electrons. The summed E-state index contributed by atoms with van der Waals surface area (Å²) in [6.45, 7) is 6.47. The van der Waals surface area contributed by atoms with Gasteiger partial charge >= 0.3 is 0 Å². The second-order valence-electron chi connectivity index (χ2n) is 5.72. The van der Waals surface area contributed by atoms with Gasteiger partial charge in [0.05, 0.1) is 5.71 Å². The predicted octanol–water partition coefficient (Wildman–Crippen LogP) is 0.0290. The van der Waals surface area contributed by atoms with Crippen LogP contribution in [0.1, 0.15) is 19.8 Å². The maximum absolute atomic E-state index is 11.5. The molecule has 0 bridgehead atoms. The van der Waals surface area contributed by atoms with Gasteiger partial charge in [-0.25, -0.2) is 0 Å². The molecule has 1 atom stereocenters. The first-order valence-electron chi connectivity index (χ1n) is 7.69. The van der Waals surface area contributed by atoms with Gasteiger partial charge in [0.1, 0.15) is 11.9 Å². The van der Waals surface area contributed by atoms with Crippen LogP contribution in [0.25, 0.3) is 0 Å². The smallest absolute Gasteiger partial charge is 0.254 e. The minimum Gasteiger partial charge on any atom is -0.391 e. The van der Waals surface area contributed by atoms with E-state index in [4.69, 9.17) is 10.6 Å². The molecule has 3 N–H and O–H groups in total. The fourth-order valence-electron chi connectivity index (χ4n) is 2.87. The highest BCUT2D eigenvalue weighted by Gasteiger charge is 2.25. The molecule has 0 saturated carbocycles. The van der Waals surface area contributed by atoms with Gasteiger partial charge in [-0.2, -0.15) is 4.98 Å². The number of aromatic nitrogens is 2. The second-order valence-corrected chi connectivity index (χ2v) is 5.72. The maximum atomic E-state index is 11.5. The van der Waals surface area contributed by atoms with Crippen molar-refractivity contribution in [3.63, 3.8) is 0 Å². The first-order chi connectivity index (χ1) is 10.6. The molecule has 0 amide bonds. The third kappa shape index (κ3) is 3.38. The summed E-state index contributed by atoms with van der Waals surface area (Å²) in [6.07, 6.45) is 2.07. The number of anilines is 2. The normalized spacial score (nSPS) is 22.5. The first kappa shape index (κ1) is 14.8. The van der Waals surface area contributed by atoms with E-state index in [1.54, 1.807) is 0 Å². The Balaban J connectivity index is 1.51. The Labute approximate surface area is 128 Å². The Hall–Kier alpha value is -2.09. The quantitative estimate of drug-likeness (QED) is 0.814. The van der Waals surface area contributed by atoms with Gasteiger partial charge < -0.3 is 15.5 Å². The highest BCUT2D eigenvalue weighted by molar-refractivity contribution is 5.85. The molecule has 1 aromatic rings. The van der Waals surface area contributed by atoms with Crippen molar-refractivity contribution in [2.75, 3.05) is 43.4 Å². The van der Waals surface area contributed by atoms with Crippen LogP contribution in [-0.2, 0) is 4.84 Å². The van der Waals surface area contributed by atoms with Crippen molar-refractivity contribution >= 4 is 17.5 Å². The lowest BCUT2D eigenvalue weighted by Gasteiger charge is -2.35. The second kappa shape index (κ2) is 6.35. The van der Waals surface area contributed by atoms with Gasteiger partial charge in [0.15, 0.2) is 0 Å². The van der Waals surface area contributed by atoms with Crippen LogP contribution >= 0.6 is 0 Å². The van der Waals surface area contributed by atoms with Gasteiger partial charge in [0.25, 0.3) is 5.56 Å². The van der Waals surface area contributed by atoms with E-state index < -0.39 is 0 Å². The molecule has 0 aromatic carbocycles. The van der Waals surface area contributed by atoms with Crippen molar-refractivity contribution in [3.8, 4) is 0 Å². The molecule has 1 saturated heterocycles. The van der Waals surface area contributed by atoms with Crippen molar-refractivity contribution in [3.05, 3.63) is 16.4 Å². The van der Waals surface area contributed by atoms with Crippen molar-refractivity contribution in [1.29, 1.82) is 0 Å². The third-order valence-electron chi connectivity index (χ3n) is 4.11. The van der Waals surface area contributed by atoms with Gasteiger partial charge in [-0.05, 0) is 6.42 Å². The number of oxime groups is 1. The van der Waals surface area contributed by atoms with Gasteiger partial charge in [-0.3, -0.25) is 14.7 Å². The average Bonchev–Trinajstić information content (AvgIpc) is 2.95. The van der Waals surface area contributed by atoms with E-state index in [9.17, 15) is 4.79 Å². The molecule has 2 aliphatic heterocycles. The topological polar surface area (TPSA) is 99.8 Å². The fraction of sp³-hybridized carbons (Fsp3) is 0.643. The Morgan fingerprint density at radius 1 is 1.41 bits per heavy atom. The maximum Gasteiger partial charge on any atom is 0.254 e. The molecular formula is C14H22N6O2. The van der Waals surface area contributed by atoms with E-state index in [0.717, 1.165) is 51.3 Å². The first-order valence-corrected chi connectivity index (χ1v) is 7.69. The van der Waals surface area contributed by atoms with Crippen molar-refractivity contribution in [1.82, 2.24) is 14.9 Å². The summed E-state index contributed by atoms with van der Waals surface area (Å²) in [5.74, 6) is 0.808. The van der Waals surface area contributed by atoms with Crippen LogP contribution in [-0.4, -0.2) is 59.4 Å². The molecule has 0 aliphatic carbocycles. The Kier molecular flexibility index (Phi) is 4.28. The lowest BCUT2D eigenvalue weighted by molar-refractivity contribution is 0.0510. The summed E-state index contributed by atoms with van der Waals surface area (Å²) in [5, 5.41) is 4.10. The van der Waals surface area contributed by atoms with E-state index in [-0.39, 0.29) is 17.6 Å². The molecule has 1 fully saturated rings. The zero-order valence-corrected chi connectivity index (χ0v) is 12.8. The van der Waals surface area contributed by atoms with Crippen molar-refractivity contribution in [2.24, 2.45) is 5.16 Å². The van der Waals surface area contributed by atoms with Crippen molar-refractivity contribution in [2.45, 2.75) is 25.9 Å². The third-order valence-corrected chi connectivity index (χ3v) is 4.11. The largest absolute Gasteiger partial charge is 0.391 e. The number of nitrogens with two attached hydrogens (primary N) is 1. The molecule has 3 heterocycles. The number of hydrogen-bond donors (Lipinski definition) is 2. The number of aromatic amines is 1. The fourth-order valence-corrected chi connectivity index (χ4v) is 2.87. The minimum atomic E-state index is -0.214. The lowest BCUT2D eigenvalue weighted by Crippen LogP contribution is -2.49. The van der Waals surface area contributed by atoms with Crippen LogP contribution < -0.4 is 16.2 Å². The number of rotatable bonds is 4.